The maximum atomic E-state index is 8.47. The summed E-state index contributed by atoms with van der Waals surface area (Å²) in [7, 11) is 1.98. The van der Waals surface area contributed by atoms with E-state index in [1.165, 1.54) is 0 Å². The van der Waals surface area contributed by atoms with Crippen molar-refractivity contribution in [1.29, 1.82) is 0 Å². The molecule has 5 heteroatoms. The molecular formula is C8H16N5+. The van der Waals surface area contributed by atoms with Gasteiger partial charge in [0.05, 0.1) is 17.7 Å². The quantitative estimate of drug-likeness (QED) is 0.284. The second-order valence-corrected chi connectivity index (χ2v) is 3.44. The zero-order valence-electron chi connectivity index (χ0n) is 8.22. The molecule has 0 saturated carbocycles. The number of quaternary nitrogens is 1. The summed E-state index contributed by atoms with van der Waals surface area (Å²) in [5.41, 5.74) is 8.47. The molecule has 0 saturated heterocycles. The topological polar surface area (TPSA) is 52.0 Å². The Bertz CT molecular complexity index is 243. The third-order valence-electron chi connectivity index (χ3n) is 2.18. The SMILES string of the molecule is CCCC[N+]1(N=[N+]=[N-])C=CN(C)C1. The summed E-state index contributed by atoms with van der Waals surface area (Å²) in [5.74, 6) is 0. The van der Waals surface area contributed by atoms with Crippen molar-refractivity contribution in [3.8, 4) is 0 Å². The van der Waals surface area contributed by atoms with Crippen LogP contribution in [-0.4, -0.2) is 29.8 Å². The third-order valence-corrected chi connectivity index (χ3v) is 2.18. The Labute approximate surface area is 78.4 Å². The molecule has 0 aliphatic carbocycles. The molecule has 0 aromatic carbocycles. The van der Waals surface area contributed by atoms with Crippen molar-refractivity contribution >= 4 is 0 Å². The molecule has 0 fully saturated rings. The molecule has 0 aromatic rings. The van der Waals surface area contributed by atoms with Crippen LogP contribution in [0.2, 0.25) is 0 Å². The highest BCUT2D eigenvalue weighted by Crippen LogP contribution is 2.19. The maximum Gasteiger partial charge on any atom is 0.172 e. The van der Waals surface area contributed by atoms with Gasteiger partial charge in [0.15, 0.2) is 6.67 Å². The standard InChI is InChI=1S/C8H16N5/c1-3-4-6-13(11-10-9)7-5-12(2)8-13/h5,7H,3-4,6,8H2,1-2H3/q+1. The molecule has 1 aliphatic heterocycles. The van der Waals surface area contributed by atoms with Crippen molar-refractivity contribution in [2.24, 2.45) is 5.22 Å². The molecule has 0 radical (unpaired) electrons. The molecule has 72 valence electrons. The van der Waals surface area contributed by atoms with Gasteiger partial charge in [-0.2, -0.15) is 4.59 Å². The molecule has 1 unspecified atom stereocenters. The largest absolute Gasteiger partial charge is 0.328 e. The molecule has 13 heavy (non-hydrogen) atoms. The zero-order chi connectivity index (χ0) is 9.73. The van der Waals surface area contributed by atoms with Crippen molar-refractivity contribution in [2.45, 2.75) is 19.8 Å². The van der Waals surface area contributed by atoms with Crippen LogP contribution in [0, 0.1) is 0 Å². The van der Waals surface area contributed by atoms with Gasteiger partial charge in [-0.1, -0.05) is 13.3 Å². The monoisotopic (exact) mass is 182 g/mol. The Balaban J connectivity index is 2.66. The molecule has 1 atom stereocenters. The van der Waals surface area contributed by atoms with Gasteiger partial charge in [-0.3, -0.25) is 0 Å². The summed E-state index contributed by atoms with van der Waals surface area (Å²) in [6.45, 7) is 3.78. The van der Waals surface area contributed by atoms with Gasteiger partial charge in [-0.25, -0.2) is 0 Å². The normalized spacial score (nSPS) is 26.2. The second-order valence-electron chi connectivity index (χ2n) is 3.44. The molecule has 0 amide bonds. The van der Waals surface area contributed by atoms with Crippen molar-refractivity contribution in [3.05, 3.63) is 22.8 Å². The lowest BCUT2D eigenvalue weighted by Gasteiger charge is -2.23. The van der Waals surface area contributed by atoms with Crippen LogP contribution in [0.15, 0.2) is 17.6 Å². The zero-order valence-corrected chi connectivity index (χ0v) is 8.22. The van der Waals surface area contributed by atoms with Crippen LogP contribution >= 0.6 is 0 Å². The van der Waals surface area contributed by atoms with Crippen LogP contribution in [0.5, 0.6) is 0 Å². The Hall–Kier alpha value is -1.19. The Kier molecular flexibility index (Phi) is 3.17. The van der Waals surface area contributed by atoms with E-state index >= 15 is 0 Å². The van der Waals surface area contributed by atoms with E-state index in [4.69, 9.17) is 5.53 Å². The first-order valence-corrected chi connectivity index (χ1v) is 4.55. The molecule has 0 bridgehead atoms. The lowest BCUT2D eigenvalue weighted by molar-refractivity contribution is -0.889. The van der Waals surface area contributed by atoms with Crippen LogP contribution in [-0.2, 0) is 0 Å². The van der Waals surface area contributed by atoms with Crippen LogP contribution in [0.1, 0.15) is 19.8 Å². The molecule has 0 spiro atoms. The first-order valence-electron chi connectivity index (χ1n) is 4.55. The van der Waals surface area contributed by atoms with E-state index in [1.54, 1.807) is 0 Å². The lowest BCUT2D eigenvalue weighted by Crippen LogP contribution is -2.39. The Morgan fingerprint density at radius 1 is 1.69 bits per heavy atom. The molecular weight excluding hydrogens is 166 g/mol. The van der Waals surface area contributed by atoms with Crippen molar-refractivity contribution < 1.29 is 4.59 Å². The van der Waals surface area contributed by atoms with Crippen molar-refractivity contribution in [1.82, 2.24) is 4.90 Å². The fourth-order valence-electron chi connectivity index (χ4n) is 1.48. The van der Waals surface area contributed by atoms with Crippen molar-refractivity contribution in [3.63, 3.8) is 0 Å². The minimum atomic E-state index is 0.390. The molecule has 0 aromatic heterocycles. The van der Waals surface area contributed by atoms with Gasteiger partial charge in [0.1, 0.15) is 11.4 Å². The average molecular weight is 182 g/mol. The van der Waals surface area contributed by atoms with Crippen LogP contribution in [0.3, 0.4) is 0 Å². The van der Waals surface area contributed by atoms with E-state index in [1.807, 2.05) is 24.3 Å². The van der Waals surface area contributed by atoms with Crippen LogP contribution in [0.25, 0.3) is 10.4 Å². The molecule has 1 heterocycles. The van der Waals surface area contributed by atoms with E-state index in [0.717, 1.165) is 26.1 Å². The second kappa shape index (κ2) is 4.16. The Morgan fingerprint density at radius 3 is 2.92 bits per heavy atom. The van der Waals surface area contributed by atoms with Gasteiger partial charge in [0.2, 0.25) is 0 Å². The van der Waals surface area contributed by atoms with E-state index in [2.05, 4.69) is 17.1 Å². The predicted molar refractivity (Wildman–Crippen MR) is 51.0 cm³/mol. The summed E-state index contributed by atoms with van der Waals surface area (Å²) >= 11 is 0. The van der Waals surface area contributed by atoms with E-state index in [-0.39, 0.29) is 0 Å². The van der Waals surface area contributed by atoms with E-state index in [9.17, 15) is 0 Å². The van der Waals surface area contributed by atoms with Crippen LogP contribution < -0.4 is 0 Å². The van der Waals surface area contributed by atoms with Gasteiger partial charge < -0.3 is 4.90 Å². The fourth-order valence-corrected chi connectivity index (χ4v) is 1.48. The first-order chi connectivity index (χ1) is 6.22. The number of azide groups is 1. The summed E-state index contributed by atoms with van der Waals surface area (Å²) in [4.78, 5) is 4.93. The number of hydrogen-bond acceptors (Lipinski definition) is 2. The number of unbranched alkanes of at least 4 members (excludes halogenated alkanes) is 1. The molecule has 0 N–H and O–H groups in total. The average Bonchev–Trinajstić information content (AvgIpc) is 2.46. The highest BCUT2D eigenvalue weighted by atomic mass is 15.7. The van der Waals surface area contributed by atoms with Crippen LogP contribution in [0.4, 0.5) is 0 Å². The van der Waals surface area contributed by atoms with Crippen molar-refractivity contribution in [2.75, 3.05) is 20.3 Å². The van der Waals surface area contributed by atoms with Gasteiger partial charge >= 0.3 is 0 Å². The summed E-state index contributed by atoms with van der Waals surface area (Å²) in [6.07, 6.45) is 6.12. The highest BCUT2D eigenvalue weighted by molar-refractivity contribution is 4.78. The summed E-state index contributed by atoms with van der Waals surface area (Å²) in [6, 6.07) is 0. The molecule has 1 rings (SSSR count). The summed E-state index contributed by atoms with van der Waals surface area (Å²) < 4.78 is 0.390. The van der Waals surface area contributed by atoms with Gasteiger partial charge in [0.25, 0.3) is 0 Å². The van der Waals surface area contributed by atoms with E-state index in [0.29, 0.717) is 4.59 Å². The number of hydrogen-bond donors (Lipinski definition) is 0. The minimum absolute atomic E-state index is 0.390. The number of nitrogens with zero attached hydrogens (tertiary/aromatic N) is 5. The van der Waals surface area contributed by atoms with Gasteiger partial charge in [0, 0.05) is 12.6 Å². The lowest BCUT2D eigenvalue weighted by atomic mass is 10.3. The third kappa shape index (κ3) is 2.37. The highest BCUT2D eigenvalue weighted by Gasteiger charge is 2.30. The number of rotatable bonds is 4. The maximum absolute atomic E-state index is 8.47. The van der Waals surface area contributed by atoms with E-state index < -0.39 is 0 Å². The predicted octanol–water partition coefficient (Wildman–Crippen LogP) is 2.20. The molecule has 5 nitrogen and oxygen atoms in total. The van der Waals surface area contributed by atoms with Gasteiger partial charge in [-0.05, 0) is 6.42 Å². The molecule has 1 aliphatic rings. The summed E-state index contributed by atoms with van der Waals surface area (Å²) in [5, 5.41) is 3.83. The minimum Gasteiger partial charge on any atom is -0.328 e. The Morgan fingerprint density at radius 2 is 2.46 bits per heavy atom. The van der Waals surface area contributed by atoms with Gasteiger partial charge in [-0.15, -0.1) is 0 Å². The first kappa shape index (κ1) is 9.89. The smallest absolute Gasteiger partial charge is 0.172 e. The fraction of sp³-hybridized carbons (Fsp3) is 0.750.